The van der Waals surface area contributed by atoms with Gasteiger partial charge in [0.25, 0.3) is 0 Å². The molecule has 0 amide bonds. The summed E-state index contributed by atoms with van der Waals surface area (Å²) in [7, 11) is -3.69. The van der Waals surface area contributed by atoms with E-state index in [0.717, 1.165) is 17.2 Å². The Hall–Kier alpha value is -2.64. The van der Waals surface area contributed by atoms with Gasteiger partial charge in [-0.3, -0.25) is 0 Å². The lowest BCUT2D eigenvalue weighted by molar-refractivity contribution is 0.579. The molecule has 0 aliphatic heterocycles. The molecule has 1 N–H and O–H groups in total. The van der Waals surface area contributed by atoms with E-state index in [4.69, 9.17) is 0 Å². The zero-order valence-electron chi connectivity index (χ0n) is 14.2. The maximum Gasteiger partial charge on any atom is 0.240 e. The third kappa shape index (κ3) is 4.30. The molecule has 1 aromatic heterocycles. The minimum Gasteiger partial charge on any atom is -0.236 e. The van der Waals surface area contributed by atoms with Crippen molar-refractivity contribution in [3.05, 3.63) is 77.9 Å². The van der Waals surface area contributed by atoms with Gasteiger partial charge in [-0.05, 0) is 42.7 Å². The van der Waals surface area contributed by atoms with Crippen molar-refractivity contribution in [3.63, 3.8) is 0 Å². The van der Waals surface area contributed by atoms with E-state index in [1.807, 2.05) is 30.3 Å². The van der Waals surface area contributed by atoms with Crippen LogP contribution in [0, 0.1) is 12.7 Å². The fraction of sp³-hybridized carbons (Fsp3) is 0.158. The molecular weight excluding hydrogens is 353 g/mol. The van der Waals surface area contributed by atoms with Gasteiger partial charge in [0.1, 0.15) is 5.82 Å². The van der Waals surface area contributed by atoms with E-state index in [1.165, 1.54) is 12.1 Å². The Bertz CT molecular complexity index is 991. The van der Waals surface area contributed by atoms with Gasteiger partial charge in [0.15, 0.2) is 5.82 Å². The number of hydrogen-bond acceptors (Lipinski definition) is 4. The van der Waals surface area contributed by atoms with Gasteiger partial charge in [-0.25, -0.2) is 27.5 Å². The van der Waals surface area contributed by atoms with Gasteiger partial charge in [-0.2, -0.15) is 0 Å². The number of halogens is 1. The molecule has 2 aromatic carbocycles. The van der Waals surface area contributed by atoms with Crippen LogP contribution in [-0.4, -0.2) is 24.9 Å². The average molecular weight is 371 g/mol. The number of nitrogens with one attached hydrogen (secondary N) is 1. The Labute approximate surface area is 152 Å². The highest BCUT2D eigenvalue weighted by Crippen LogP contribution is 2.16. The maximum atomic E-state index is 13.1. The first-order valence-corrected chi connectivity index (χ1v) is 9.56. The number of aryl methyl sites for hydroxylation is 1. The molecular formula is C19H18FN3O2S. The fourth-order valence-corrected chi connectivity index (χ4v) is 3.80. The van der Waals surface area contributed by atoms with Crippen molar-refractivity contribution in [3.8, 4) is 11.4 Å². The highest BCUT2D eigenvalue weighted by atomic mass is 32.2. The van der Waals surface area contributed by atoms with Crippen LogP contribution in [0.2, 0.25) is 0 Å². The normalized spacial score (nSPS) is 11.5. The predicted octanol–water partition coefficient (Wildman–Crippen LogP) is 3.11. The molecule has 1 heterocycles. The van der Waals surface area contributed by atoms with Crippen molar-refractivity contribution in [2.45, 2.75) is 18.2 Å². The van der Waals surface area contributed by atoms with Crippen molar-refractivity contribution < 1.29 is 12.8 Å². The van der Waals surface area contributed by atoms with Crippen molar-refractivity contribution in [1.29, 1.82) is 0 Å². The van der Waals surface area contributed by atoms with Crippen molar-refractivity contribution in [2.24, 2.45) is 0 Å². The lowest BCUT2D eigenvalue weighted by atomic mass is 10.2. The number of aromatic nitrogens is 2. The summed E-state index contributed by atoms with van der Waals surface area (Å²) in [6, 6.07) is 13.2. The summed E-state index contributed by atoms with van der Waals surface area (Å²) in [6.45, 7) is 1.76. The van der Waals surface area contributed by atoms with Crippen LogP contribution in [0.4, 0.5) is 4.39 Å². The van der Waals surface area contributed by atoms with Gasteiger partial charge in [-0.15, -0.1) is 0 Å². The summed E-state index contributed by atoms with van der Waals surface area (Å²) in [5.41, 5.74) is 2.11. The van der Waals surface area contributed by atoms with Crippen LogP contribution in [0.15, 0.2) is 65.8 Å². The molecule has 3 rings (SSSR count). The molecule has 0 spiro atoms. The van der Waals surface area contributed by atoms with Crippen LogP contribution in [-0.2, 0) is 16.4 Å². The molecule has 7 heteroatoms. The standard InChI is InChI=1S/C19H18FN3O2S/c1-14-11-17(20)7-8-18(14)26(24,25)23-10-9-15-12-21-19(22-13-15)16-5-3-2-4-6-16/h2-8,11-13,23H,9-10H2,1H3. The second-order valence-corrected chi connectivity index (χ2v) is 7.57. The molecule has 0 radical (unpaired) electrons. The van der Waals surface area contributed by atoms with E-state index in [2.05, 4.69) is 14.7 Å². The Kier molecular flexibility index (Phi) is 5.39. The smallest absolute Gasteiger partial charge is 0.236 e. The Morgan fingerprint density at radius 2 is 1.73 bits per heavy atom. The van der Waals surface area contributed by atoms with Crippen LogP contribution in [0.25, 0.3) is 11.4 Å². The molecule has 5 nitrogen and oxygen atoms in total. The second-order valence-electron chi connectivity index (χ2n) is 5.84. The number of rotatable bonds is 6. The first kappa shape index (κ1) is 18.2. The van der Waals surface area contributed by atoms with Gasteiger partial charge in [0.2, 0.25) is 10.0 Å². The lowest BCUT2D eigenvalue weighted by Crippen LogP contribution is -2.26. The molecule has 0 unspecified atom stereocenters. The fourth-order valence-electron chi connectivity index (χ4n) is 2.54. The second kappa shape index (κ2) is 7.72. The van der Waals surface area contributed by atoms with Crippen molar-refractivity contribution >= 4 is 10.0 Å². The average Bonchev–Trinajstić information content (AvgIpc) is 2.62. The largest absolute Gasteiger partial charge is 0.240 e. The molecule has 0 bridgehead atoms. The first-order chi connectivity index (χ1) is 12.5. The molecule has 0 saturated carbocycles. The van der Waals surface area contributed by atoms with Crippen LogP contribution >= 0.6 is 0 Å². The maximum absolute atomic E-state index is 13.1. The van der Waals surface area contributed by atoms with Gasteiger partial charge in [0, 0.05) is 24.5 Å². The Morgan fingerprint density at radius 3 is 2.38 bits per heavy atom. The van der Waals surface area contributed by atoms with Crippen LogP contribution < -0.4 is 4.72 Å². The molecule has 0 atom stereocenters. The summed E-state index contributed by atoms with van der Waals surface area (Å²) in [5, 5.41) is 0. The minimum atomic E-state index is -3.69. The van der Waals surface area contributed by atoms with Gasteiger partial charge < -0.3 is 0 Å². The zero-order valence-corrected chi connectivity index (χ0v) is 15.0. The summed E-state index contributed by atoms with van der Waals surface area (Å²) >= 11 is 0. The number of hydrogen-bond donors (Lipinski definition) is 1. The monoisotopic (exact) mass is 371 g/mol. The number of benzene rings is 2. The molecule has 0 aliphatic carbocycles. The molecule has 26 heavy (non-hydrogen) atoms. The summed E-state index contributed by atoms with van der Waals surface area (Å²) in [5.74, 6) is 0.161. The number of nitrogens with zero attached hydrogens (tertiary/aromatic N) is 2. The minimum absolute atomic E-state index is 0.0783. The Morgan fingerprint density at radius 1 is 1.04 bits per heavy atom. The van der Waals surface area contributed by atoms with E-state index >= 15 is 0 Å². The quantitative estimate of drug-likeness (QED) is 0.723. The number of sulfonamides is 1. The molecule has 3 aromatic rings. The summed E-state index contributed by atoms with van der Waals surface area (Å²) in [4.78, 5) is 8.71. The first-order valence-electron chi connectivity index (χ1n) is 8.08. The highest BCUT2D eigenvalue weighted by molar-refractivity contribution is 7.89. The zero-order chi connectivity index (χ0) is 18.6. The van der Waals surface area contributed by atoms with E-state index in [-0.39, 0.29) is 11.4 Å². The van der Waals surface area contributed by atoms with E-state index in [9.17, 15) is 12.8 Å². The van der Waals surface area contributed by atoms with Crippen LogP contribution in [0.3, 0.4) is 0 Å². The lowest BCUT2D eigenvalue weighted by Gasteiger charge is -2.09. The van der Waals surface area contributed by atoms with E-state index in [1.54, 1.807) is 19.3 Å². The van der Waals surface area contributed by atoms with Gasteiger partial charge in [0.05, 0.1) is 4.90 Å². The predicted molar refractivity (Wildman–Crippen MR) is 97.5 cm³/mol. The topological polar surface area (TPSA) is 72.0 Å². The van der Waals surface area contributed by atoms with E-state index in [0.29, 0.717) is 17.8 Å². The third-order valence-corrected chi connectivity index (χ3v) is 5.49. The van der Waals surface area contributed by atoms with E-state index < -0.39 is 15.8 Å². The molecule has 134 valence electrons. The molecule has 0 aliphatic rings. The van der Waals surface area contributed by atoms with Crippen LogP contribution in [0.1, 0.15) is 11.1 Å². The third-order valence-electron chi connectivity index (χ3n) is 3.87. The van der Waals surface area contributed by atoms with Gasteiger partial charge in [-0.1, -0.05) is 30.3 Å². The molecule has 0 fully saturated rings. The summed E-state index contributed by atoms with van der Waals surface area (Å²) in [6.07, 6.45) is 3.83. The van der Waals surface area contributed by atoms with Crippen molar-refractivity contribution in [1.82, 2.24) is 14.7 Å². The SMILES string of the molecule is Cc1cc(F)ccc1S(=O)(=O)NCCc1cnc(-c2ccccc2)nc1. The molecule has 0 saturated heterocycles. The van der Waals surface area contributed by atoms with Gasteiger partial charge >= 0.3 is 0 Å². The Balaban J connectivity index is 1.62. The van der Waals surface area contributed by atoms with Crippen LogP contribution in [0.5, 0.6) is 0 Å². The van der Waals surface area contributed by atoms with Crippen molar-refractivity contribution in [2.75, 3.05) is 6.54 Å². The highest BCUT2D eigenvalue weighted by Gasteiger charge is 2.16. The summed E-state index contributed by atoms with van der Waals surface area (Å²) < 4.78 is 40.3.